The number of hydrogen-bond donors (Lipinski definition) is 2. The van der Waals surface area contributed by atoms with E-state index in [4.69, 9.17) is 16.9 Å². The highest BCUT2D eigenvalue weighted by Crippen LogP contribution is 2.19. The summed E-state index contributed by atoms with van der Waals surface area (Å²) in [6, 6.07) is 4.67. The first-order valence-corrected chi connectivity index (χ1v) is 8.17. The monoisotopic (exact) mass is 329 g/mol. The summed E-state index contributed by atoms with van der Waals surface area (Å²) >= 11 is 5.76. The minimum absolute atomic E-state index is 0.0580. The molecule has 0 saturated carbocycles. The van der Waals surface area contributed by atoms with Gasteiger partial charge in [0.2, 0.25) is 15.9 Å². The first kappa shape index (κ1) is 17.4. The summed E-state index contributed by atoms with van der Waals surface area (Å²) in [7, 11) is -3.90. The molecule has 1 aromatic rings. The quantitative estimate of drug-likeness (QED) is 0.824. The van der Waals surface area contributed by atoms with Crippen LogP contribution < -0.4 is 10.0 Å². The first-order valence-electron chi connectivity index (χ1n) is 6.31. The third-order valence-corrected chi connectivity index (χ3v) is 4.51. The van der Waals surface area contributed by atoms with Crippen LogP contribution in [0.5, 0.6) is 0 Å². The van der Waals surface area contributed by atoms with Crippen LogP contribution in [0.15, 0.2) is 23.1 Å². The van der Waals surface area contributed by atoms with E-state index in [9.17, 15) is 13.2 Å². The number of carbonyl (C=O) groups is 1. The van der Waals surface area contributed by atoms with Crippen LogP contribution in [0.2, 0.25) is 5.02 Å². The maximum absolute atomic E-state index is 12.2. The van der Waals surface area contributed by atoms with Crippen molar-refractivity contribution in [3.05, 3.63) is 28.8 Å². The third-order valence-electron chi connectivity index (χ3n) is 2.64. The Labute approximate surface area is 129 Å². The second-order valence-corrected chi connectivity index (χ2v) is 6.51. The van der Waals surface area contributed by atoms with Gasteiger partial charge in [-0.3, -0.25) is 4.79 Å². The molecule has 0 aromatic heterocycles. The van der Waals surface area contributed by atoms with Gasteiger partial charge in [0.25, 0.3) is 0 Å². The first-order chi connectivity index (χ1) is 9.81. The van der Waals surface area contributed by atoms with Crippen molar-refractivity contribution in [3.8, 4) is 6.07 Å². The molecule has 0 spiro atoms. The molecule has 8 heteroatoms. The van der Waals surface area contributed by atoms with Gasteiger partial charge in [0.05, 0.1) is 21.5 Å². The molecule has 2 N–H and O–H groups in total. The summed E-state index contributed by atoms with van der Waals surface area (Å²) in [5, 5.41) is 11.6. The summed E-state index contributed by atoms with van der Waals surface area (Å²) in [5.74, 6) is -0.408. The van der Waals surface area contributed by atoms with E-state index in [1.54, 1.807) is 0 Å². The van der Waals surface area contributed by atoms with E-state index in [1.165, 1.54) is 25.1 Å². The fourth-order valence-electron chi connectivity index (χ4n) is 1.51. The fraction of sp³-hybridized carbons (Fsp3) is 0.385. The molecule has 0 aliphatic carbocycles. The van der Waals surface area contributed by atoms with Gasteiger partial charge < -0.3 is 5.32 Å². The molecule has 1 aromatic carbocycles. The molecule has 0 bridgehead atoms. The number of nitriles is 1. The van der Waals surface area contributed by atoms with Gasteiger partial charge in [-0.15, -0.1) is 0 Å². The number of halogens is 1. The molecule has 0 unspecified atom stereocenters. The molecule has 114 valence electrons. The van der Waals surface area contributed by atoms with Crippen LogP contribution in [0.1, 0.15) is 25.8 Å². The predicted molar refractivity (Wildman–Crippen MR) is 79.3 cm³/mol. The number of nitrogens with one attached hydrogen (secondary N) is 2. The Hall–Kier alpha value is -1.62. The predicted octanol–water partition coefficient (Wildman–Crippen LogP) is 1.40. The number of benzene rings is 1. The highest BCUT2D eigenvalue weighted by atomic mass is 35.5. The summed E-state index contributed by atoms with van der Waals surface area (Å²) in [4.78, 5) is 11.6. The molecule has 1 atom stereocenters. The van der Waals surface area contributed by atoms with E-state index >= 15 is 0 Å². The van der Waals surface area contributed by atoms with E-state index in [1.807, 2.05) is 13.0 Å². The Morgan fingerprint density at radius 2 is 2.14 bits per heavy atom. The summed E-state index contributed by atoms with van der Waals surface area (Å²) < 4.78 is 26.6. The molecule has 0 saturated heterocycles. The summed E-state index contributed by atoms with van der Waals surface area (Å²) in [6.07, 6.45) is 0.758. The van der Waals surface area contributed by atoms with Crippen LogP contribution in [0.3, 0.4) is 0 Å². The van der Waals surface area contributed by atoms with E-state index in [0.29, 0.717) is 6.54 Å². The lowest BCUT2D eigenvalue weighted by atomic mass is 10.2. The van der Waals surface area contributed by atoms with Gasteiger partial charge in [-0.05, 0) is 31.5 Å². The van der Waals surface area contributed by atoms with Crippen molar-refractivity contribution < 1.29 is 13.2 Å². The normalized spacial score (nSPS) is 12.5. The van der Waals surface area contributed by atoms with Crippen LogP contribution in [0.25, 0.3) is 0 Å². The molecule has 0 fully saturated rings. The SMILES string of the molecule is CCCNC(=O)[C@H](C)NS(=O)(=O)c1ccc(Cl)c(C#N)c1. The average molecular weight is 330 g/mol. The van der Waals surface area contributed by atoms with E-state index in [-0.39, 0.29) is 15.5 Å². The smallest absolute Gasteiger partial charge is 0.241 e. The van der Waals surface area contributed by atoms with Crippen molar-refractivity contribution in [1.29, 1.82) is 5.26 Å². The second kappa shape index (κ2) is 7.41. The Balaban J connectivity index is 2.92. The largest absolute Gasteiger partial charge is 0.355 e. The van der Waals surface area contributed by atoms with E-state index < -0.39 is 22.0 Å². The highest BCUT2D eigenvalue weighted by molar-refractivity contribution is 7.89. The number of carbonyl (C=O) groups excluding carboxylic acids is 1. The van der Waals surface area contributed by atoms with Gasteiger partial charge >= 0.3 is 0 Å². The van der Waals surface area contributed by atoms with Crippen molar-refractivity contribution in [2.45, 2.75) is 31.2 Å². The molecular weight excluding hydrogens is 314 g/mol. The molecule has 0 heterocycles. The highest BCUT2D eigenvalue weighted by Gasteiger charge is 2.22. The second-order valence-electron chi connectivity index (χ2n) is 4.39. The van der Waals surface area contributed by atoms with Gasteiger partial charge in [-0.2, -0.15) is 9.98 Å². The molecule has 1 rings (SSSR count). The Morgan fingerprint density at radius 1 is 1.48 bits per heavy atom. The fourth-order valence-corrected chi connectivity index (χ4v) is 2.90. The number of amides is 1. The molecular formula is C13H16ClN3O3S. The van der Waals surface area contributed by atoms with Crippen molar-refractivity contribution in [2.75, 3.05) is 6.54 Å². The molecule has 0 radical (unpaired) electrons. The lowest BCUT2D eigenvalue weighted by Crippen LogP contribution is -2.44. The minimum Gasteiger partial charge on any atom is -0.355 e. The zero-order valence-electron chi connectivity index (χ0n) is 11.7. The summed E-state index contributed by atoms with van der Waals surface area (Å²) in [6.45, 7) is 3.82. The lowest BCUT2D eigenvalue weighted by Gasteiger charge is -2.14. The van der Waals surface area contributed by atoms with Gasteiger partial charge in [-0.25, -0.2) is 8.42 Å². The van der Waals surface area contributed by atoms with Crippen LogP contribution in [-0.4, -0.2) is 26.9 Å². The molecule has 1 amide bonds. The number of rotatable bonds is 6. The van der Waals surface area contributed by atoms with Gasteiger partial charge in [0, 0.05) is 6.54 Å². The van der Waals surface area contributed by atoms with Crippen LogP contribution >= 0.6 is 11.6 Å². The topological polar surface area (TPSA) is 99.1 Å². The molecule has 0 aliphatic heterocycles. The van der Waals surface area contributed by atoms with Crippen molar-refractivity contribution in [2.24, 2.45) is 0 Å². The zero-order valence-corrected chi connectivity index (χ0v) is 13.3. The van der Waals surface area contributed by atoms with Crippen molar-refractivity contribution in [3.63, 3.8) is 0 Å². The minimum atomic E-state index is -3.90. The Bertz CT molecular complexity index is 668. The maximum Gasteiger partial charge on any atom is 0.241 e. The molecule has 6 nitrogen and oxygen atoms in total. The van der Waals surface area contributed by atoms with E-state index in [0.717, 1.165) is 6.42 Å². The average Bonchev–Trinajstić information content (AvgIpc) is 2.44. The van der Waals surface area contributed by atoms with Crippen molar-refractivity contribution in [1.82, 2.24) is 10.0 Å². The zero-order chi connectivity index (χ0) is 16.0. The molecule has 0 aliphatic rings. The number of sulfonamides is 1. The third kappa shape index (κ3) is 4.70. The number of hydrogen-bond acceptors (Lipinski definition) is 4. The number of nitrogens with zero attached hydrogens (tertiary/aromatic N) is 1. The lowest BCUT2D eigenvalue weighted by molar-refractivity contribution is -0.122. The standard InChI is InChI=1S/C13H16ClN3O3S/c1-3-6-16-13(18)9(2)17-21(19,20)11-4-5-12(14)10(7-11)8-15/h4-5,7,9,17H,3,6H2,1-2H3,(H,16,18)/t9-/m0/s1. The van der Waals surface area contributed by atoms with Crippen LogP contribution in [-0.2, 0) is 14.8 Å². The maximum atomic E-state index is 12.2. The molecule has 21 heavy (non-hydrogen) atoms. The Morgan fingerprint density at radius 3 is 2.71 bits per heavy atom. The van der Waals surface area contributed by atoms with Gasteiger partial charge in [-0.1, -0.05) is 18.5 Å². The van der Waals surface area contributed by atoms with Gasteiger partial charge in [0.15, 0.2) is 0 Å². The van der Waals surface area contributed by atoms with Crippen molar-refractivity contribution >= 4 is 27.5 Å². The van der Waals surface area contributed by atoms with E-state index in [2.05, 4.69) is 10.0 Å². The summed E-state index contributed by atoms with van der Waals surface area (Å²) in [5.41, 5.74) is 0.0580. The van der Waals surface area contributed by atoms with Crippen LogP contribution in [0.4, 0.5) is 0 Å². The van der Waals surface area contributed by atoms with Gasteiger partial charge in [0.1, 0.15) is 6.07 Å². The van der Waals surface area contributed by atoms with Crippen LogP contribution in [0, 0.1) is 11.3 Å². The Kier molecular flexibility index (Phi) is 6.15.